The molecule has 0 spiro atoms. The third kappa shape index (κ3) is 6.08. The van der Waals surface area contributed by atoms with Gasteiger partial charge >= 0.3 is 24.4 Å². The number of ether oxygens (including phenoxy) is 1. The van der Waals surface area contributed by atoms with E-state index in [-0.39, 0.29) is 11.0 Å². The van der Waals surface area contributed by atoms with Crippen molar-refractivity contribution < 1.29 is 45.8 Å². The summed E-state index contributed by atoms with van der Waals surface area (Å²) < 4.78 is 81.6. The number of rotatable bonds is 3. The Balaban J connectivity index is 3.56. The maximum absolute atomic E-state index is 12.8. The molecule has 6 nitrogen and oxygen atoms in total. The highest BCUT2D eigenvalue weighted by Gasteiger charge is 2.40. The number of carboxylic acids is 1. The summed E-state index contributed by atoms with van der Waals surface area (Å²) in [7, 11) is 0. The molecule has 0 bridgehead atoms. The van der Waals surface area contributed by atoms with Crippen molar-refractivity contribution >= 4 is 17.9 Å². The van der Waals surface area contributed by atoms with Crippen LogP contribution in [-0.4, -0.2) is 40.5 Å². The van der Waals surface area contributed by atoms with Crippen molar-refractivity contribution in [2.24, 2.45) is 0 Å². The number of aromatic nitrogens is 1. The van der Waals surface area contributed by atoms with Crippen LogP contribution in [0.2, 0.25) is 0 Å². The number of nitrogens with zero attached hydrogens (tertiary/aromatic N) is 2. The smallest absolute Gasteiger partial charge is 0.433 e. The molecule has 1 aromatic rings. The van der Waals surface area contributed by atoms with E-state index >= 15 is 0 Å². The van der Waals surface area contributed by atoms with Crippen molar-refractivity contribution in [3.63, 3.8) is 0 Å². The third-order valence-corrected chi connectivity index (χ3v) is 2.60. The van der Waals surface area contributed by atoms with E-state index in [1.54, 1.807) is 0 Å². The van der Waals surface area contributed by atoms with Gasteiger partial charge in [-0.15, -0.1) is 0 Å². The van der Waals surface area contributed by atoms with Gasteiger partial charge in [0.25, 0.3) is 0 Å². The van der Waals surface area contributed by atoms with Gasteiger partial charge in [0.1, 0.15) is 23.4 Å². The van der Waals surface area contributed by atoms with Gasteiger partial charge in [-0.25, -0.2) is 14.6 Å². The number of carbonyl (C=O) groups excluding carboxylic acids is 1. The van der Waals surface area contributed by atoms with E-state index in [9.17, 15) is 35.9 Å². The van der Waals surface area contributed by atoms with Crippen LogP contribution in [0.4, 0.5) is 37.0 Å². The summed E-state index contributed by atoms with van der Waals surface area (Å²) in [6, 6.07) is 0.703. The van der Waals surface area contributed by atoms with Crippen LogP contribution in [0, 0.1) is 0 Å². The first kappa shape index (κ1) is 21.5. The number of hydrogen-bond donors (Lipinski definition) is 1. The molecule has 0 aromatic carbocycles. The topological polar surface area (TPSA) is 79.7 Å². The molecule has 0 saturated heterocycles. The van der Waals surface area contributed by atoms with E-state index in [2.05, 4.69) is 4.98 Å². The number of anilines is 1. The maximum atomic E-state index is 12.8. The van der Waals surface area contributed by atoms with Crippen LogP contribution < -0.4 is 4.90 Å². The van der Waals surface area contributed by atoms with E-state index in [0.717, 1.165) is 0 Å². The quantitative estimate of drug-likeness (QED) is 0.789. The SMILES string of the molecule is CC(C)(C)OC(=O)N(CC(F)(F)F)c1nc(C(F)(F)F)ccc1C(=O)O. The van der Waals surface area contributed by atoms with E-state index in [1.165, 1.54) is 20.8 Å². The first-order chi connectivity index (χ1) is 11.5. The van der Waals surface area contributed by atoms with Gasteiger partial charge in [-0.2, -0.15) is 26.3 Å². The fourth-order valence-corrected chi connectivity index (χ4v) is 1.70. The number of carbonyl (C=O) groups is 2. The van der Waals surface area contributed by atoms with Crippen molar-refractivity contribution in [1.82, 2.24) is 4.98 Å². The van der Waals surface area contributed by atoms with E-state index in [4.69, 9.17) is 9.84 Å². The van der Waals surface area contributed by atoms with Gasteiger partial charge in [0, 0.05) is 0 Å². The molecule has 0 unspecified atom stereocenters. The van der Waals surface area contributed by atoms with Crippen molar-refractivity contribution in [3.05, 3.63) is 23.4 Å². The minimum Gasteiger partial charge on any atom is -0.478 e. The normalized spacial score (nSPS) is 12.7. The summed E-state index contributed by atoms with van der Waals surface area (Å²) in [4.78, 5) is 25.9. The molecule has 0 aliphatic heterocycles. The molecular weight excluding hydrogens is 374 g/mol. The highest BCUT2D eigenvalue weighted by atomic mass is 19.4. The Morgan fingerprint density at radius 3 is 2.04 bits per heavy atom. The number of alkyl halides is 6. The monoisotopic (exact) mass is 388 g/mol. The molecule has 1 aromatic heterocycles. The van der Waals surface area contributed by atoms with Crippen LogP contribution in [-0.2, 0) is 10.9 Å². The Kier molecular flexibility index (Phi) is 5.79. The van der Waals surface area contributed by atoms with E-state index in [0.29, 0.717) is 6.07 Å². The van der Waals surface area contributed by atoms with Crippen LogP contribution in [0.3, 0.4) is 0 Å². The predicted octanol–water partition coefficient (Wildman–Crippen LogP) is 4.10. The molecule has 1 N–H and O–H groups in total. The van der Waals surface area contributed by atoms with Gasteiger partial charge < -0.3 is 9.84 Å². The summed E-state index contributed by atoms with van der Waals surface area (Å²) >= 11 is 0. The lowest BCUT2D eigenvalue weighted by atomic mass is 10.2. The first-order valence-electron chi connectivity index (χ1n) is 6.90. The molecule has 0 saturated carbocycles. The van der Waals surface area contributed by atoms with Gasteiger partial charge in [0.2, 0.25) is 0 Å². The Bertz CT molecular complexity index is 694. The largest absolute Gasteiger partial charge is 0.478 e. The third-order valence-electron chi connectivity index (χ3n) is 2.60. The summed E-state index contributed by atoms with van der Waals surface area (Å²) in [5.74, 6) is -3.18. The summed E-state index contributed by atoms with van der Waals surface area (Å²) in [5, 5.41) is 9.04. The number of pyridine rings is 1. The van der Waals surface area contributed by atoms with Crippen molar-refractivity contribution in [2.45, 2.75) is 38.7 Å². The van der Waals surface area contributed by atoms with Crippen molar-refractivity contribution in [1.29, 1.82) is 0 Å². The zero-order valence-corrected chi connectivity index (χ0v) is 13.7. The molecule has 146 valence electrons. The Morgan fingerprint density at radius 1 is 1.12 bits per heavy atom. The first-order valence-corrected chi connectivity index (χ1v) is 6.90. The number of aromatic carboxylic acids is 1. The Morgan fingerprint density at radius 2 is 1.65 bits per heavy atom. The average molecular weight is 388 g/mol. The molecule has 12 heteroatoms. The number of carboxylic acid groups (broad SMARTS) is 1. The molecule has 1 heterocycles. The van der Waals surface area contributed by atoms with Gasteiger partial charge in [0.05, 0.1) is 0 Å². The lowest BCUT2D eigenvalue weighted by Gasteiger charge is -2.28. The Labute approximate surface area is 143 Å². The van der Waals surface area contributed by atoms with Crippen LogP contribution in [0.5, 0.6) is 0 Å². The number of halogens is 6. The lowest BCUT2D eigenvalue weighted by Crippen LogP contribution is -2.43. The summed E-state index contributed by atoms with van der Waals surface area (Å²) in [6.07, 6.45) is -11.8. The van der Waals surface area contributed by atoms with Crippen LogP contribution >= 0.6 is 0 Å². The maximum Gasteiger partial charge on any atom is 0.433 e. The van der Waals surface area contributed by atoms with Gasteiger partial charge in [-0.1, -0.05) is 0 Å². The predicted molar refractivity (Wildman–Crippen MR) is 75.8 cm³/mol. The van der Waals surface area contributed by atoms with Crippen molar-refractivity contribution in [3.8, 4) is 0 Å². The molecule has 0 aliphatic carbocycles. The minimum absolute atomic E-state index is 0.286. The number of hydrogen-bond acceptors (Lipinski definition) is 4. The Hall–Kier alpha value is -2.53. The summed E-state index contributed by atoms with van der Waals surface area (Å²) in [6.45, 7) is 1.85. The summed E-state index contributed by atoms with van der Waals surface area (Å²) in [5.41, 5.74) is -3.97. The van der Waals surface area contributed by atoms with Gasteiger partial charge in [-0.3, -0.25) is 4.90 Å². The standard InChI is InChI=1S/C14H14F6N2O4/c1-12(2,3)26-11(25)22(6-13(15,16)17)9-7(10(23)24)4-5-8(21-9)14(18,19)20/h4-5H,6H2,1-3H3,(H,23,24). The fraction of sp³-hybridized carbons (Fsp3) is 0.500. The minimum atomic E-state index is -5.07. The van der Waals surface area contributed by atoms with Crippen molar-refractivity contribution in [2.75, 3.05) is 11.4 Å². The second-order valence-corrected chi connectivity index (χ2v) is 6.05. The van der Waals surface area contributed by atoms with Crippen LogP contribution in [0.1, 0.15) is 36.8 Å². The molecule has 1 rings (SSSR count). The fourth-order valence-electron chi connectivity index (χ4n) is 1.70. The van der Waals surface area contributed by atoms with Crippen LogP contribution in [0.25, 0.3) is 0 Å². The highest BCUT2D eigenvalue weighted by molar-refractivity contribution is 5.98. The highest BCUT2D eigenvalue weighted by Crippen LogP contribution is 2.32. The molecule has 0 radical (unpaired) electrons. The second kappa shape index (κ2) is 7.00. The van der Waals surface area contributed by atoms with Crippen LogP contribution in [0.15, 0.2) is 12.1 Å². The molecule has 26 heavy (non-hydrogen) atoms. The van der Waals surface area contributed by atoms with E-state index < -0.39 is 53.6 Å². The van der Waals surface area contributed by atoms with Gasteiger partial charge in [0.15, 0.2) is 5.82 Å². The van der Waals surface area contributed by atoms with E-state index in [1.807, 2.05) is 0 Å². The lowest BCUT2D eigenvalue weighted by molar-refractivity contribution is -0.141. The van der Waals surface area contributed by atoms with Gasteiger partial charge in [-0.05, 0) is 32.9 Å². The molecular formula is C14H14F6N2O4. The zero-order chi connectivity index (χ0) is 20.5. The molecule has 1 amide bonds. The molecule has 0 atom stereocenters. The molecule has 0 fully saturated rings. The second-order valence-electron chi connectivity index (χ2n) is 6.05. The number of amides is 1. The average Bonchev–Trinajstić information content (AvgIpc) is 2.40. The molecule has 0 aliphatic rings. The zero-order valence-electron chi connectivity index (χ0n) is 13.7.